The minimum absolute atomic E-state index is 0.830. The highest BCUT2D eigenvalue weighted by Crippen LogP contribution is 2.15. The number of hydrogen-bond donors (Lipinski definition) is 1. The Kier molecular flexibility index (Phi) is 4.99. The third kappa shape index (κ3) is 3.36. The lowest BCUT2D eigenvalue weighted by molar-refractivity contribution is 0.199. The van der Waals surface area contributed by atoms with Crippen molar-refractivity contribution in [1.29, 1.82) is 0 Å². The summed E-state index contributed by atoms with van der Waals surface area (Å²) in [6.07, 6.45) is 2.73. The van der Waals surface area contributed by atoms with Crippen LogP contribution in [0.5, 0.6) is 0 Å². The van der Waals surface area contributed by atoms with Gasteiger partial charge in [0, 0.05) is 18.1 Å². The molecule has 0 amide bonds. The number of thiophene rings is 1. The normalized spacial score (nSPS) is 12.7. The molecule has 2 aromatic rings. The zero-order valence-corrected chi connectivity index (χ0v) is 12.4. The summed E-state index contributed by atoms with van der Waals surface area (Å²) < 4.78 is 1.16. The van der Waals surface area contributed by atoms with Gasteiger partial charge >= 0.3 is 0 Å². The lowest BCUT2D eigenvalue weighted by Crippen LogP contribution is -2.24. The lowest BCUT2D eigenvalue weighted by atomic mass is 10.3. The van der Waals surface area contributed by atoms with Crippen molar-refractivity contribution in [3.63, 3.8) is 0 Å². The molecule has 1 N–H and O–H groups in total. The predicted octanol–water partition coefficient (Wildman–Crippen LogP) is 2.57. The summed E-state index contributed by atoms with van der Waals surface area (Å²) in [5.41, 5.74) is 0. The first-order chi connectivity index (χ1) is 9.26. The van der Waals surface area contributed by atoms with Gasteiger partial charge in [0.15, 0.2) is 0 Å². The van der Waals surface area contributed by atoms with E-state index in [1.165, 1.54) is 11.3 Å². The van der Waals surface area contributed by atoms with Crippen LogP contribution in [0.2, 0.25) is 0 Å². The monoisotopic (exact) mass is 279 g/mol. The third-order valence-electron chi connectivity index (χ3n) is 3.31. The van der Waals surface area contributed by atoms with Gasteiger partial charge in [-0.05, 0) is 43.6 Å². The topological polar surface area (TPSA) is 40.8 Å². The van der Waals surface area contributed by atoms with Crippen molar-refractivity contribution in [3.05, 3.63) is 29.1 Å². The molecule has 0 fully saturated rings. The minimum Gasteiger partial charge on any atom is -0.428 e. The van der Waals surface area contributed by atoms with Gasteiger partial charge in [-0.1, -0.05) is 13.8 Å². The van der Waals surface area contributed by atoms with Crippen molar-refractivity contribution >= 4 is 21.6 Å². The summed E-state index contributed by atoms with van der Waals surface area (Å²) in [5, 5.41) is 13.6. The van der Waals surface area contributed by atoms with Gasteiger partial charge in [0.2, 0.25) is 0 Å². The second-order valence-electron chi connectivity index (χ2n) is 4.45. The first-order valence-electron chi connectivity index (χ1n) is 6.77. The Labute approximate surface area is 117 Å². The average molecular weight is 279 g/mol. The van der Waals surface area contributed by atoms with Crippen LogP contribution < -0.4 is 5.36 Å². The molecule has 0 aliphatic rings. The van der Waals surface area contributed by atoms with Gasteiger partial charge in [-0.3, -0.25) is 4.99 Å². The standard InChI is InChI=1S/C14H21N3OS/c1-3-16(4-2)9-5-8-15-13-6-10-17(18)14-12(13)7-11-19-14/h6-7,10-11,18H,3-5,8-9H2,1-2H3. The Morgan fingerprint density at radius 2 is 2.11 bits per heavy atom. The van der Waals surface area contributed by atoms with Crippen LogP contribution in [0.3, 0.4) is 0 Å². The second kappa shape index (κ2) is 6.73. The van der Waals surface area contributed by atoms with E-state index in [1.807, 2.05) is 17.5 Å². The molecule has 0 unspecified atom stereocenters. The van der Waals surface area contributed by atoms with Crippen LogP contribution in [0.4, 0.5) is 0 Å². The molecule has 2 rings (SSSR count). The molecule has 0 aromatic carbocycles. The lowest BCUT2D eigenvalue weighted by Gasteiger charge is -2.16. The van der Waals surface area contributed by atoms with Crippen molar-refractivity contribution in [2.24, 2.45) is 4.99 Å². The van der Waals surface area contributed by atoms with Crippen molar-refractivity contribution in [3.8, 4) is 0 Å². The minimum atomic E-state index is 0.830. The summed E-state index contributed by atoms with van der Waals surface area (Å²) >= 11 is 1.52. The Balaban J connectivity index is 2.06. The van der Waals surface area contributed by atoms with E-state index in [2.05, 4.69) is 23.7 Å². The van der Waals surface area contributed by atoms with Crippen LogP contribution in [0.15, 0.2) is 28.7 Å². The molecular formula is C14H21N3OS. The largest absolute Gasteiger partial charge is 0.428 e. The zero-order chi connectivity index (χ0) is 13.7. The van der Waals surface area contributed by atoms with E-state index in [1.54, 1.807) is 6.20 Å². The molecule has 4 nitrogen and oxygen atoms in total. The highest BCUT2D eigenvalue weighted by Gasteiger charge is 2.01. The molecule has 0 saturated carbocycles. The van der Waals surface area contributed by atoms with Gasteiger partial charge in [-0.2, -0.15) is 4.73 Å². The molecule has 5 heteroatoms. The van der Waals surface area contributed by atoms with Crippen molar-refractivity contribution in [1.82, 2.24) is 9.63 Å². The van der Waals surface area contributed by atoms with E-state index in [-0.39, 0.29) is 0 Å². The molecule has 0 saturated heterocycles. The van der Waals surface area contributed by atoms with Gasteiger partial charge in [-0.15, -0.1) is 11.3 Å². The molecular weight excluding hydrogens is 258 g/mol. The van der Waals surface area contributed by atoms with E-state index < -0.39 is 0 Å². The fourth-order valence-corrected chi connectivity index (χ4v) is 2.95. The summed E-state index contributed by atoms with van der Waals surface area (Å²) in [7, 11) is 0. The van der Waals surface area contributed by atoms with Crippen molar-refractivity contribution in [2.45, 2.75) is 20.3 Å². The van der Waals surface area contributed by atoms with E-state index in [9.17, 15) is 5.21 Å². The molecule has 0 radical (unpaired) electrons. The summed E-state index contributed by atoms with van der Waals surface area (Å²) in [6, 6.07) is 3.88. The van der Waals surface area contributed by atoms with Crippen LogP contribution in [0.1, 0.15) is 20.3 Å². The zero-order valence-electron chi connectivity index (χ0n) is 11.5. The molecule has 0 atom stereocenters. The maximum absolute atomic E-state index is 9.67. The molecule has 19 heavy (non-hydrogen) atoms. The van der Waals surface area contributed by atoms with E-state index in [4.69, 9.17) is 0 Å². The average Bonchev–Trinajstić information content (AvgIpc) is 2.91. The summed E-state index contributed by atoms with van der Waals surface area (Å²) in [5.74, 6) is 0. The van der Waals surface area contributed by atoms with Crippen LogP contribution in [0, 0.1) is 0 Å². The van der Waals surface area contributed by atoms with E-state index in [0.29, 0.717) is 0 Å². The summed E-state index contributed by atoms with van der Waals surface area (Å²) in [4.78, 5) is 7.90. The SMILES string of the molecule is CCN(CC)CCCN=c1ccn(O)c2sccc12. The Hall–Kier alpha value is -1.33. The van der Waals surface area contributed by atoms with Crippen LogP contribution in [-0.2, 0) is 0 Å². The second-order valence-corrected chi connectivity index (χ2v) is 5.34. The smallest absolute Gasteiger partial charge is 0.141 e. The first kappa shape index (κ1) is 14.1. The maximum Gasteiger partial charge on any atom is 0.141 e. The fourth-order valence-electron chi connectivity index (χ4n) is 2.14. The Bertz CT molecular complexity index is 584. The maximum atomic E-state index is 9.67. The molecule has 0 bridgehead atoms. The van der Waals surface area contributed by atoms with E-state index >= 15 is 0 Å². The fraction of sp³-hybridized carbons (Fsp3) is 0.500. The quantitative estimate of drug-likeness (QED) is 0.652. The number of pyridine rings is 1. The molecule has 0 aliphatic heterocycles. The van der Waals surface area contributed by atoms with E-state index in [0.717, 1.165) is 52.9 Å². The van der Waals surface area contributed by atoms with Crippen molar-refractivity contribution < 1.29 is 5.21 Å². The number of rotatable bonds is 6. The van der Waals surface area contributed by atoms with Gasteiger partial charge in [0.1, 0.15) is 4.83 Å². The molecule has 0 spiro atoms. The van der Waals surface area contributed by atoms with Crippen LogP contribution in [-0.4, -0.2) is 41.0 Å². The van der Waals surface area contributed by atoms with Gasteiger partial charge in [0.25, 0.3) is 0 Å². The van der Waals surface area contributed by atoms with Crippen molar-refractivity contribution in [2.75, 3.05) is 26.2 Å². The predicted molar refractivity (Wildman–Crippen MR) is 79.8 cm³/mol. The molecule has 0 aliphatic carbocycles. The number of nitrogens with zero attached hydrogens (tertiary/aromatic N) is 3. The van der Waals surface area contributed by atoms with Gasteiger partial charge in [-0.25, -0.2) is 0 Å². The number of hydrogen-bond acceptors (Lipinski definition) is 4. The Morgan fingerprint density at radius 3 is 2.84 bits per heavy atom. The molecule has 104 valence electrons. The number of aromatic nitrogens is 1. The van der Waals surface area contributed by atoms with Gasteiger partial charge < -0.3 is 10.1 Å². The first-order valence-corrected chi connectivity index (χ1v) is 7.65. The molecule has 2 heterocycles. The molecule has 2 aromatic heterocycles. The van der Waals surface area contributed by atoms with Crippen LogP contribution >= 0.6 is 11.3 Å². The highest BCUT2D eigenvalue weighted by molar-refractivity contribution is 7.16. The third-order valence-corrected chi connectivity index (χ3v) is 4.21. The van der Waals surface area contributed by atoms with Gasteiger partial charge in [0.05, 0.1) is 5.36 Å². The highest BCUT2D eigenvalue weighted by atomic mass is 32.1. The Morgan fingerprint density at radius 1 is 1.32 bits per heavy atom. The summed E-state index contributed by atoms with van der Waals surface area (Å²) in [6.45, 7) is 8.49. The number of fused-ring (bicyclic) bond motifs is 1. The van der Waals surface area contributed by atoms with Crippen LogP contribution in [0.25, 0.3) is 10.2 Å².